The largest absolute Gasteiger partial charge is 0.472 e. The van der Waals surface area contributed by atoms with Gasteiger partial charge in [0.2, 0.25) is 0 Å². The maximum Gasteiger partial charge on any atom is 0.472 e. The molecule has 426 valence electrons. The molecule has 0 aliphatic heterocycles. The molecule has 0 aromatic carbocycles. The van der Waals surface area contributed by atoms with Gasteiger partial charge >= 0.3 is 39.5 Å². The summed E-state index contributed by atoms with van der Waals surface area (Å²) in [5, 5.41) is 10.4. The van der Waals surface area contributed by atoms with Gasteiger partial charge in [-0.3, -0.25) is 37.3 Å². The Balaban J connectivity index is 5.19. The van der Waals surface area contributed by atoms with Gasteiger partial charge in [-0.1, -0.05) is 196 Å². The maximum atomic E-state index is 12.9. The molecule has 0 aliphatic rings. The van der Waals surface area contributed by atoms with Gasteiger partial charge in [-0.15, -0.1) is 0 Å². The van der Waals surface area contributed by atoms with Crippen LogP contribution in [0.5, 0.6) is 0 Å². The molecular formula is C53H102O17P2. The van der Waals surface area contributed by atoms with Gasteiger partial charge in [-0.25, -0.2) is 9.13 Å². The van der Waals surface area contributed by atoms with Crippen molar-refractivity contribution in [1.29, 1.82) is 0 Å². The number of phosphoric acid groups is 2. The fourth-order valence-corrected chi connectivity index (χ4v) is 9.13. The van der Waals surface area contributed by atoms with Gasteiger partial charge in [0.25, 0.3) is 0 Å². The number of unbranched alkanes of at least 4 members (excludes halogenated alkanes) is 21. The smallest absolute Gasteiger partial charge is 0.462 e. The molecule has 0 aromatic heterocycles. The van der Waals surface area contributed by atoms with Crippen LogP contribution in [0, 0.1) is 11.8 Å². The molecule has 3 unspecified atom stereocenters. The average Bonchev–Trinajstić information content (AvgIpc) is 3.34. The van der Waals surface area contributed by atoms with Gasteiger partial charge in [0.05, 0.1) is 26.4 Å². The Hall–Kier alpha value is -1.94. The second-order valence-electron chi connectivity index (χ2n) is 20.0. The summed E-state index contributed by atoms with van der Waals surface area (Å²) in [6.07, 6.45) is 24.5. The Morgan fingerprint density at radius 3 is 1.06 bits per heavy atom. The summed E-state index contributed by atoms with van der Waals surface area (Å²) in [4.78, 5) is 71.3. The van der Waals surface area contributed by atoms with Crippen LogP contribution in [0.4, 0.5) is 0 Å². The third kappa shape index (κ3) is 46.6. The molecule has 19 heteroatoms. The monoisotopic (exact) mass is 1070 g/mol. The first-order chi connectivity index (χ1) is 34.4. The van der Waals surface area contributed by atoms with E-state index < -0.39 is 97.5 Å². The van der Waals surface area contributed by atoms with Crippen LogP contribution in [0.3, 0.4) is 0 Å². The van der Waals surface area contributed by atoms with Gasteiger partial charge in [-0.05, 0) is 37.5 Å². The molecule has 0 amide bonds. The number of rotatable bonds is 52. The van der Waals surface area contributed by atoms with Crippen molar-refractivity contribution in [1.82, 2.24) is 0 Å². The van der Waals surface area contributed by atoms with Gasteiger partial charge in [0, 0.05) is 25.7 Å². The van der Waals surface area contributed by atoms with Crippen LogP contribution in [-0.2, 0) is 65.4 Å². The third-order valence-electron chi connectivity index (χ3n) is 12.3. The molecule has 0 radical (unpaired) electrons. The summed E-state index contributed by atoms with van der Waals surface area (Å²) in [7, 11) is -9.85. The number of phosphoric ester groups is 2. The Bertz CT molecular complexity index is 1450. The van der Waals surface area contributed by atoms with Gasteiger partial charge in [0.15, 0.2) is 12.2 Å². The van der Waals surface area contributed by atoms with E-state index in [1.54, 1.807) is 0 Å². The zero-order valence-electron chi connectivity index (χ0n) is 45.7. The normalized spacial score (nSPS) is 15.0. The topological polar surface area (TPSA) is 237 Å². The molecule has 0 spiro atoms. The minimum atomic E-state index is -4.93. The molecule has 0 heterocycles. The number of esters is 4. The van der Waals surface area contributed by atoms with Crippen LogP contribution < -0.4 is 0 Å². The number of carbonyl (C=O) groups is 4. The van der Waals surface area contributed by atoms with E-state index in [-0.39, 0.29) is 25.7 Å². The minimum Gasteiger partial charge on any atom is -0.462 e. The standard InChI is InChI=1S/C53H102O17P2/c1-7-10-12-14-16-25-31-37-52(57)69-48(41-63-50(55)35-29-21-13-11-8-2)43-67-71(59,60)65-39-47(54)40-66-72(61,62)68-44-49(70-53(58)38-32-26-18-15-17-22-27-33-45(4)5)42-64-51(56)36-30-24-20-19-23-28-34-46(6)9-3/h45-49,54H,7-44H2,1-6H3,(H,59,60)(H,61,62)/t46?,47-,48+,49+/m0/s1. The molecule has 0 saturated heterocycles. The number of hydrogen-bond donors (Lipinski definition) is 3. The fraction of sp³-hybridized carbons (Fsp3) is 0.925. The highest BCUT2D eigenvalue weighted by atomic mass is 31.2. The van der Waals surface area contributed by atoms with E-state index in [4.69, 9.17) is 37.0 Å². The molecule has 17 nitrogen and oxygen atoms in total. The second-order valence-corrected chi connectivity index (χ2v) is 22.9. The molecule has 6 atom stereocenters. The van der Waals surface area contributed by atoms with Crippen molar-refractivity contribution in [2.45, 2.75) is 265 Å². The van der Waals surface area contributed by atoms with Gasteiger partial charge in [-0.2, -0.15) is 0 Å². The highest BCUT2D eigenvalue weighted by molar-refractivity contribution is 7.47. The van der Waals surface area contributed by atoms with Crippen LogP contribution in [0.25, 0.3) is 0 Å². The Labute approximate surface area is 435 Å². The molecule has 0 saturated carbocycles. The quantitative estimate of drug-likeness (QED) is 0.0222. The first-order valence-corrected chi connectivity index (χ1v) is 31.0. The lowest BCUT2D eigenvalue weighted by Gasteiger charge is -2.21. The molecular weight excluding hydrogens is 971 g/mol. The van der Waals surface area contributed by atoms with Crippen LogP contribution >= 0.6 is 15.6 Å². The zero-order chi connectivity index (χ0) is 53.7. The predicted molar refractivity (Wildman–Crippen MR) is 280 cm³/mol. The number of aliphatic hydroxyl groups is 1. The van der Waals surface area contributed by atoms with Crippen LogP contribution in [0.1, 0.15) is 247 Å². The highest BCUT2D eigenvalue weighted by Gasteiger charge is 2.30. The van der Waals surface area contributed by atoms with Crippen LogP contribution in [0.2, 0.25) is 0 Å². The third-order valence-corrected chi connectivity index (χ3v) is 14.2. The molecule has 72 heavy (non-hydrogen) atoms. The van der Waals surface area contributed by atoms with E-state index in [0.717, 1.165) is 121 Å². The SMILES string of the molecule is CCCCCCCCCC(=O)O[C@H](COC(=O)CCCCCCC)COP(=O)(O)OC[C@H](O)COP(=O)(O)OC[C@@H](COC(=O)CCCCCCCCC(C)CC)OC(=O)CCCCCCCCCC(C)C. The first-order valence-electron chi connectivity index (χ1n) is 28.0. The van der Waals surface area contributed by atoms with Crippen molar-refractivity contribution in [2.24, 2.45) is 11.8 Å². The van der Waals surface area contributed by atoms with Crippen molar-refractivity contribution in [3.05, 3.63) is 0 Å². The van der Waals surface area contributed by atoms with Crippen molar-refractivity contribution < 1.29 is 80.2 Å². The van der Waals surface area contributed by atoms with Crippen LogP contribution in [-0.4, -0.2) is 96.7 Å². The maximum absolute atomic E-state index is 12.9. The first kappa shape index (κ1) is 70.1. The van der Waals surface area contributed by atoms with E-state index in [2.05, 4.69) is 41.5 Å². The number of ether oxygens (including phenoxy) is 4. The Morgan fingerprint density at radius 1 is 0.403 bits per heavy atom. The van der Waals surface area contributed by atoms with E-state index >= 15 is 0 Å². The highest BCUT2D eigenvalue weighted by Crippen LogP contribution is 2.45. The fourth-order valence-electron chi connectivity index (χ4n) is 7.55. The van der Waals surface area contributed by atoms with Crippen molar-refractivity contribution in [2.75, 3.05) is 39.6 Å². The summed E-state index contributed by atoms with van der Waals surface area (Å²) in [5.74, 6) is -0.742. The minimum absolute atomic E-state index is 0.102. The number of aliphatic hydroxyl groups excluding tert-OH is 1. The summed E-state index contributed by atoms with van der Waals surface area (Å²) >= 11 is 0. The molecule has 0 aromatic rings. The zero-order valence-corrected chi connectivity index (χ0v) is 47.5. The van der Waals surface area contributed by atoms with Gasteiger partial charge < -0.3 is 33.8 Å². The van der Waals surface area contributed by atoms with E-state index in [0.29, 0.717) is 31.6 Å². The van der Waals surface area contributed by atoms with E-state index in [9.17, 15) is 43.2 Å². The Kier molecular flexibility index (Phi) is 45.1. The number of hydrogen-bond acceptors (Lipinski definition) is 15. The molecule has 0 rings (SSSR count). The summed E-state index contributed by atoms with van der Waals surface area (Å²) in [6, 6.07) is 0. The van der Waals surface area contributed by atoms with E-state index in [1.807, 2.05) is 0 Å². The molecule has 0 bridgehead atoms. The predicted octanol–water partition coefficient (Wildman–Crippen LogP) is 13.4. The lowest BCUT2D eigenvalue weighted by Crippen LogP contribution is -2.30. The molecule has 3 N–H and O–H groups in total. The molecule has 0 fully saturated rings. The molecule has 0 aliphatic carbocycles. The van der Waals surface area contributed by atoms with Crippen molar-refractivity contribution in [3.63, 3.8) is 0 Å². The summed E-state index contributed by atoms with van der Waals surface area (Å²) in [5.41, 5.74) is 0. The van der Waals surface area contributed by atoms with E-state index in [1.165, 1.54) is 38.5 Å². The van der Waals surface area contributed by atoms with Gasteiger partial charge in [0.1, 0.15) is 19.3 Å². The lowest BCUT2D eigenvalue weighted by molar-refractivity contribution is -0.161. The van der Waals surface area contributed by atoms with Crippen LogP contribution in [0.15, 0.2) is 0 Å². The average molecular weight is 1070 g/mol. The lowest BCUT2D eigenvalue weighted by atomic mass is 10.00. The summed E-state index contributed by atoms with van der Waals surface area (Å²) in [6.45, 7) is 9.16. The number of carbonyl (C=O) groups excluding carboxylic acids is 4. The van der Waals surface area contributed by atoms with Crippen molar-refractivity contribution in [3.8, 4) is 0 Å². The second kappa shape index (κ2) is 46.4. The Morgan fingerprint density at radius 2 is 0.708 bits per heavy atom. The van der Waals surface area contributed by atoms with Crippen molar-refractivity contribution >= 4 is 39.5 Å². The summed E-state index contributed by atoms with van der Waals surface area (Å²) < 4.78 is 67.2.